The first-order valence-corrected chi connectivity index (χ1v) is 10.2. The first-order chi connectivity index (χ1) is 14.9. The van der Waals surface area contributed by atoms with E-state index in [1.54, 1.807) is 12.1 Å². The van der Waals surface area contributed by atoms with Gasteiger partial charge in [-0.3, -0.25) is 9.59 Å². The Bertz CT molecular complexity index is 1180. The van der Waals surface area contributed by atoms with E-state index in [9.17, 15) is 9.59 Å². The van der Waals surface area contributed by atoms with Crippen molar-refractivity contribution in [2.45, 2.75) is 13.8 Å². The average molecular weight is 412 g/mol. The van der Waals surface area contributed by atoms with Crippen LogP contribution in [-0.2, 0) is 9.59 Å². The van der Waals surface area contributed by atoms with E-state index in [0.717, 1.165) is 22.5 Å². The Balaban J connectivity index is 1.80. The van der Waals surface area contributed by atoms with Gasteiger partial charge >= 0.3 is 0 Å². The number of aryl methyl sites for hydroxylation is 1. The first-order valence-electron chi connectivity index (χ1n) is 10.2. The molecular formula is C26H25N3O2. The van der Waals surface area contributed by atoms with Gasteiger partial charge in [-0.05, 0) is 60.9 Å². The monoisotopic (exact) mass is 411 g/mol. The number of carbonyl (C=O) groups excluding carboxylic acids is 2. The second-order valence-electron chi connectivity index (χ2n) is 7.85. The normalized spacial score (nSPS) is 13.7. The van der Waals surface area contributed by atoms with Gasteiger partial charge in [-0.2, -0.15) is 0 Å². The second-order valence-corrected chi connectivity index (χ2v) is 7.85. The fourth-order valence-corrected chi connectivity index (χ4v) is 3.67. The van der Waals surface area contributed by atoms with Crippen LogP contribution in [0.5, 0.6) is 0 Å². The first kappa shape index (κ1) is 20.4. The van der Waals surface area contributed by atoms with E-state index >= 15 is 0 Å². The molecule has 5 heteroatoms. The zero-order chi connectivity index (χ0) is 22.1. The quantitative estimate of drug-likeness (QED) is 0.615. The summed E-state index contributed by atoms with van der Waals surface area (Å²) in [6.45, 7) is 4.02. The number of nitrogens with zero attached hydrogens (tertiary/aromatic N) is 2. The van der Waals surface area contributed by atoms with Crippen LogP contribution in [0.15, 0.2) is 78.5 Å². The molecule has 0 radical (unpaired) electrons. The number of nitrogens with one attached hydrogen (secondary N) is 1. The molecule has 5 nitrogen and oxygen atoms in total. The molecule has 4 rings (SSSR count). The topological polar surface area (TPSA) is 52.7 Å². The van der Waals surface area contributed by atoms with Crippen LogP contribution in [0.25, 0.3) is 5.57 Å². The molecule has 1 aliphatic rings. The van der Waals surface area contributed by atoms with E-state index in [-0.39, 0.29) is 11.8 Å². The maximum Gasteiger partial charge on any atom is 0.282 e. The van der Waals surface area contributed by atoms with Gasteiger partial charge in [-0.25, -0.2) is 4.90 Å². The molecule has 1 N–H and O–H groups in total. The molecule has 3 aromatic carbocycles. The Morgan fingerprint density at radius 3 is 2.10 bits per heavy atom. The third kappa shape index (κ3) is 3.70. The fraction of sp³-hybridized carbons (Fsp3) is 0.154. The van der Waals surface area contributed by atoms with Crippen LogP contribution < -0.4 is 15.1 Å². The molecule has 0 unspecified atom stereocenters. The number of rotatable bonds is 5. The molecule has 1 aliphatic heterocycles. The largest absolute Gasteiger partial charge is 0.378 e. The van der Waals surface area contributed by atoms with Crippen molar-refractivity contribution in [3.05, 3.63) is 95.2 Å². The summed E-state index contributed by atoms with van der Waals surface area (Å²) in [5, 5.41) is 3.27. The predicted octanol–water partition coefficient (Wildman–Crippen LogP) is 4.77. The van der Waals surface area contributed by atoms with E-state index < -0.39 is 0 Å². The SMILES string of the molecule is Cc1cccc(NC2=C(c3ccccc3)C(=O)N(c3ccc(N(C)C)cc3)C2=O)c1C. The zero-order valence-electron chi connectivity index (χ0n) is 18.1. The minimum Gasteiger partial charge on any atom is -0.378 e. The van der Waals surface area contributed by atoms with Gasteiger partial charge in [0.25, 0.3) is 11.8 Å². The van der Waals surface area contributed by atoms with Gasteiger partial charge in [0, 0.05) is 25.5 Å². The lowest BCUT2D eigenvalue weighted by atomic mass is 10.0. The molecule has 0 atom stereocenters. The lowest BCUT2D eigenvalue weighted by molar-refractivity contribution is -0.120. The maximum absolute atomic E-state index is 13.5. The van der Waals surface area contributed by atoms with Crippen LogP contribution >= 0.6 is 0 Å². The van der Waals surface area contributed by atoms with E-state index in [4.69, 9.17) is 0 Å². The van der Waals surface area contributed by atoms with Crippen LogP contribution in [0.1, 0.15) is 16.7 Å². The van der Waals surface area contributed by atoms with Gasteiger partial charge in [0.15, 0.2) is 0 Å². The molecule has 0 saturated carbocycles. The molecule has 0 aliphatic carbocycles. The predicted molar refractivity (Wildman–Crippen MR) is 126 cm³/mol. The van der Waals surface area contributed by atoms with Gasteiger partial charge in [0.2, 0.25) is 0 Å². The second kappa shape index (κ2) is 8.11. The number of hydrogen-bond donors (Lipinski definition) is 1. The molecule has 2 amide bonds. The summed E-state index contributed by atoms with van der Waals surface area (Å²) in [5.74, 6) is -0.691. The van der Waals surface area contributed by atoms with Crippen molar-refractivity contribution in [1.82, 2.24) is 0 Å². The van der Waals surface area contributed by atoms with Gasteiger partial charge in [-0.15, -0.1) is 0 Å². The third-order valence-corrected chi connectivity index (χ3v) is 5.63. The highest BCUT2D eigenvalue weighted by Crippen LogP contribution is 2.35. The molecular weight excluding hydrogens is 386 g/mol. The summed E-state index contributed by atoms with van der Waals surface area (Å²) in [5.41, 5.74) is 5.89. The zero-order valence-corrected chi connectivity index (χ0v) is 18.1. The highest BCUT2D eigenvalue weighted by atomic mass is 16.2. The Kier molecular flexibility index (Phi) is 5.34. The standard InChI is InChI=1S/C26H25N3O2/c1-17-9-8-12-22(18(17)2)27-24-23(19-10-6-5-7-11-19)25(30)29(26(24)31)21-15-13-20(14-16-21)28(3)4/h5-16,27H,1-4H3. The molecule has 0 spiro atoms. The van der Waals surface area contributed by atoms with Gasteiger partial charge in [0.1, 0.15) is 5.70 Å². The highest BCUT2D eigenvalue weighted by molar-refractivity contribution is 6.46. The number of hydrogen-bond acceptors (Lipinski definition) is 4. The van der Waals surface area contributed by atoms with Crippen molar-refractivity contribution in [2.75, 3.05) is 29.2 Å². The van der Waals surface area contributed by atoms with E-state index in [1.165, 1.54) is 4.90 Å². The number of benzene rings is 3. The van der Waals surface area contributed by atoms with Crippen LogP contribution in [0.4, 0.5) is 17.1 Å². The van der Waals surface area contributed by atoms with E-state index in [1.807, 2.05) is 93.5 Å². The van der Waals surface area contributed by atoms with E-state index in [0.29, 0.717) is 22.5 Å². The van der Waals surface area contributed by atoms with Gasteiger partial charge < -0.3 is 10.2 Å². The van der Waals surface area contributed by atoms with Crippen molar-refractivity contribution >= 4 is 34.4 Å². The van der Waals surface area contributed by atoms with Crippen LogP contribution in [0.3, 0.4) is 0 Å². The molecule has 31 heavy (non-hydrogen) atoms. The van der Waals surface area contributed by atoms with Crippen molar-refractivity contribution in [2.24, 2.45) is 0 Å². The minimum atomic E-state index is -0.359. The smallest absolute Gasteiger partial charge is 0.282 e. The number of imide groups is 1. The molecule has 0 saturated heterocycles. The Morgan fingerprint density at radius 2 is 1.45 bits per heavy atom. The average Bonchev–Trinajstić information content (AvgIpc) is 3.01. The molecule has 1 heterocycles. The molecule has 0 fully saturated rings. The Labute approximate surface area is 182 Å². The van der Waals surface area contributed by atoms with Crippen molar-refractivity contribution < 1.29 is 9.59 Å². The van der Waals surface area contributed by atoms with Crippen molar-refractivity contribution in [3.8, 4) is 0 Å². The fourth-order valence-electron chi connectivity index (χ4n) is 3.67. The summed E-state index contributed by atoms with van der Waals surface area (Å²) < 4.78 is 0. The summed E-state index contributed by atoms with van der Waals surface area (Å²) in [6.07, 6.45) is 0. The molecule has 156 valence electrons. The van der Waals surface area contributed by atoms with Crippen LogP contribution in [0, 0.1) is 13.8 Å². The van der Waals surface area contributed by atoms with Gasteiger partial charge in [0.05, 0.1) is 11.3 Å². The van der Waals surface area contributed by atoms with Crippen LogP contribution in [0.2, 0.25) is 0 Å². The number of anilines is 3. The molecule has 0 aromatic heterocycles. The summed E-state index contributed by atoms with van der Waals surface area (Å²) in [4.78, 5) is 30.2. The van der Waals surface area contributed by atoms with Gasteiger partial charge in [-0.1, -0.05) is 42.5 Å². The number of amides is 2. The highest BCUT2D eigenvalue weighted by Gasteiger charge is 2.40. The Morgan fingerprint density at radius 1 is 0.774 bits per heavy atom. The molecule has 0 bridgehead atoms. The number of carbonyl (C=O) groups is 2. The lowest BCUT2D eigenvalue weighted by Gasteiger charge is -2.18. The van der Waals surface area contributed by atoms with Crippen molar-refractivity contribution in [3.63, 3.8) is 0 Å². The third-order valence-electron chi connectivity index (χ3n) is 5.63. The van der Waals surface area contributed by atoms with Crippen molar-refractivity contribution in [1.29, 1.82) is 0 Å². The Hall–Kier alpha value is -3.86. The summed E-state index contributed by atoms with van der Waals surface area (Å²) in [6, 6.07) is 22.6. The summed E-state index contributed by atoms with van der Waals surface area (Å²) in [7, 11) is 3.89. The minimum absolute atomic E-state index is 0.293. The van der Waals surface area contributed by atoms with Crippen LogP contribution in [-0.4, -0.2) is 25.9 Å². The van der Waals surface area contributed by atoms with E-state index in [2.05, 4.69) is 5.32 Å². The maximum atomic E-state index is 13.5. The lowest BCUT2D eigenvalue weighted by Crippen LogP contribution is -2.32. The molecule has 3 aromatic rings. The summed E-state index contributed by atoms with van der Waals surface area (Å²) >= 11 is 0.